The van der Waals surface area contributed by atoms with Crippen molar-refractivity contribution in [3.63, 3.8) is 0 Å². The predicted octanol–water partition coefficient (Wildman–Crippen LogP) is 2.15. The normalized spacial score (nSPS) is 10.1. The number of hydrogen-bond donors (Lipinski definition) is 2. The maximum Gasteiger partial charge on any atom is 0.0539 e. The molecule has 0 fully saturated rings. The van der Waals surface area contributed by atoms with Gasteiger partial charge in [-0.25, -0.2) is 0 Å². The highest BCUT2D eigenvalue weighted by atomic mass is 14.9. The van der Waals surface area contributed by atoms with Crippen LogP contribution in [0.15, 0.2) is 48.7 Å². The number of rotatable bonds is 4. The molecule has 16 heavy (non-hydrogen) atoms. The van der Waals surface area contributed by atoms with Gasteiger partial charge in [0.1, 0.15) is 0 Å². The van der Waals surface area contributed by atoms with Crippen LogP contribution in [0.1, 0.15) is 11.3 Å². The highest BCUT2D eigenvalue weighted by Gasteiger charge is 1.95. The summed E-state index contributed by atoms with van der Waals surface area (Å²) in [6.07, 6.45) is 1.86. The third-order valence-electron chi connectivity index (χ3n) is 2.37. The second-order valence-corrected chi connectivity index (χ2v) is 3.58. The van der Waals surface area contributed by atoms with Crippen LogP contribution in [0, 0.1) is 0 Å². The molecule has 3 nitrogen and oxygen atoms in total. The van der Waals surface area contributed by atoms with Gasteiger partial charge in [-0.1, -0.05) is 24.3 Å². The summed E-state index contributed by atoms with van der Waals surface area (Å²) in [7, 11) is 0. The van der Waals surface area contributed by atoms with Crippen molar-refractivity contribution >= 4 is 5.69 Å². The second-order valence-electron chi connectivity index (χ2n) is 3.58. The number of nitrogens with two attached hydrogens (primary N) is 1. The van der Waals surface area contributed by atoms with Crippen molar-refractivity contribution in [2.75, 3.05) is 5.32 Å². The van der Waals surface area contributed by atoms with Crippen LogP contribution in [0.25, 0.3) is 0 Å². The first-order valence-electron chi connectivity index (χ1n) is 5.31. The van der Waals surface area contributed by atoms with E-state index in [1.807, 2.05) is 48.7 Å². The van der Waals surface area contributed by atoms with Gasteiger partial charge in [0.05, 0.1) is 5.69 Å². The molecule has 2 aromatic rings. The molecular weight excluding hydrogens is 198 g/mol. The van der Waals surface area contributed by atoms with E-state index in [9.17, 15) is 0 Å². The number of aromatic nitrogens is 1. The molecule has 1 aromatic heterocycles. The lowest BCUT2D eigenvalue weighted by Gasteiger charge is -2.06. The molecule has 1 aromatic carbocycles. The van der Waals surface area contributed by atoms with Gasteiger partial charge in [0.25, 0.3) is 0 Å². The van der Waals surface area contributed by atoms with Crippen molar-refractivity contribution in [1.29, 1.82) is 0 Å². The Hall–Kier alpha value is -1.87. The Bertz CT molecular complexity index is 423. The zero-order valence-corrected chi connectivity index (χ0v) is 9.06. The second kappa shape index (κ2) is 5.28. The van der Waals surface area contributed by atoms with Gasteiger partial charge in [-0.3, -0.25) is 4.98 Å². The Morgan fingerprint density at radius 2 is 1.88 bits per heavy atom. The average molecular weight is 213 g/mol. The standard InChI is InChI=1S/C13H15N3/c14-8-13-7-6-11(10-16-13)9-15-12-4-2-1-3-5-12/h1-7,10,15H,8-9,14H2. The van der Waals surface area contributed by atoms with Gasteiger partial charge in [-0.05, 0) is 23.8 Å². The molecule has 0 aliphatic carbocycles. The van der Waals surface area contributed by atoms with Gasteiger partial charge in [-0.15, -0.1) is 0 Å². The maximum absolute atomic E-state index is 5.49. The summed E-state index contributed by atoms with van der Waals surface area (Å²) >= 11 is 0. The number of hydrogen-bond acceptors (Lipinski definition) is 3. The number of anilines is 1. The van der Waals surface area contributed by atoms with Gasteiger partial charge < -0.3 is 11.1 Å². The van der Waals surface area contributed by atoms with E-state index in [0.29, 0.717) is 6.54 Å². The van der Waals surface area contributed by atoms with Crippen LogP contribution in [0.2, 0.25) is 0 Å². The van der Waals surface area contributed by atoms with E-state index in [1.165, 1.54) is 0 Å². The van der Waals surface area contributed by atoms with Crippen molar-refractivity contribution in [2.24, 2.45) is 5.73 Å². The lowest BCUT2D eigenvalue weighted by atomic mass is 10.2. The van der Waals surface area contributed by atoms with Gasteiger partial charge in [-0.2, -0.15) is 0 Å². The van der Waals surface area contributed by atoms with Crippen LogP contribution >= 0.6 is 0 Å². The van der Waals surface area contributed by atoms with Crippen LogP contribution < -0.4 is 11.1 Å². The molecule has 0 bridgehead atoms. The third kappa shape index (κ3) is 2.81. The van der Waals surface area contributed by atoms with E-state index < -0.39 is 0 Å². The van der Waals surface area contributed by atoms with E-state index in [-0.39, 0.29) is 0 Å². The summed E-state index contributed by atoms with van der Waals surface area (Å²) in [6.45, 7) is 1.27. The Kier molecular flexibility index (Phi) is 3.51. The van der Waals surface area contributed by atoms with Gasteiger partial charge in [0.15, 0.2) is 0 Å². The zero-order chi connectivity index (χ0) is 11.2. The molecule has 0 unspecified atom stereocenters. The molecule has 82 valence electrons. The van der Waals surface area contributed by atoms with Gasteiger partial charge >= 0.3 is 0 Å². The lowest BCUT2D eigenvalue weighted by Crippen LogP contribution is -2.02. The number of para-hydroxylation sites is 1. The van der Waals surface area contributed by atoms with Crippen molar-refractivity contribution in [3.05, 3.63) is 59.9 Å². The Morgan fingerprint density at radius 1 is 1.06 bits per heavy atom. The van der Waals surface area contributed by atoms with Crippen molar-refractivity contribution in [3.8, 4) is 0 Å². The highest BCUT2D eigenvalue weighted by Crippen LogP contribution is 2.08. The fraction of sp³-hybridized carbons (Fsp3) is 0.154. The largest absolute Gasteiger partial charge is 0.381 e. The molecule has 0 saturated carbocycles. The summed E-state index contributed by atoms with van der Waals surface area (Å²) in [5.74, 6) is 0. The molecule has 0 amide bonds. The quantitative estimate of drug-likeness (QED) is 0.818. The first-order chi connectivity index (χ1) is 7.88. The van der Waals surface area contributed by atoms with Crippen molar-refractivity contribution in [1.82, 2.24) is 4.98 Å². The average Bonchev–Trinajstić information content (AvgIpc) is 2.38. The summed E-state index contributed by atoms with van der Waals surface area (Å²) in [5, 5.41) is 3.33. The first kappa shape index (κ1) is 10.6. The molecular formula is C13H15N3. The van der Waals surface area contributed by atoms with Crippen LogP contribution in [-0.4, -0.2) is 4.98 Å². The third-order valence-corrected chi connectivity index (χ3v) is 2.37. The van der Waals surface area contributed by atoms with E-state index in [2.05, 4.69) is 10.3 Å². The fourth-order valence-corrected chi connectivity index (χ4v) is 1.44. The Labute approximate surface area is 95.3 Å². The molecule has 0 aliphatic heterocycles. The minimum absolute atomic E-state index is 0.492. The molecule has 0 saturated heterocycles. The molecule has 3 N–H and O–H groups in total. The van der Waals surface area contributed by atoms with Crippen LogP contribution in [0.5, 0.6) is 0 Å². The number of benzene rings is 1. The minimum atomic E-state index is 0.492. The fourth-order valence-electron chi connectivity index (χ4n) is 1.44. The topological polar surface area (TPSA) is 50.9 Å². The smallest absolute Gasteiger partial charge is 0.0539 e. The minimum Gasteiger partial charge on any atom is -0.381 e. The molecule has 2 rings (SSSR count). The molecule has 0 radical (unpaired) electrons. The maximum atomic E-state index is 5.49. The van der Waals surface area contributed by atoms with Crippen molar-refractivity contribution in [2.45, 2.75) is 13.1 Å². The van der Waals surface area contributed by atoms with Crippen molar-refractivity contribution < 1.29 is 0 Å². The first-order valence-corrected chi connectivity index (χ1v) is 5.31. The molecule has 1 heterocycles. The number of pyridine rings is 1. The molecule has 3 heteroatoms. The van der Waals surface area contributed by atoms with Gasteiger partial charge in [0, 0.05) is 25.0 Å². The van der Waals surface area contributed by atoms with Crippen LogP contribution in [-0.2, 0) is 13.1 Å². The Morgan fingerprint density at radius 3 is 2.50 bits per heavy atom. The lowest BCUT2D eigenvalue weighted by molar-refractivity contribution is 0.973. The van der Waals surface area contributed by atoms with Crippen LogP contribution in [0.3, 0.4) is 0 Å². The number of nitrogens with one attached hydrogen (secondary N) is 1. The van der Waals surface area contributed by atoms with Gasteiger partial charge in [0.2, 0.25) is 0 Å². The van der Waals surface area contributed by atoms with E-state index in [0.717, 1.165) is 23.5 Å². The Balaban J connectivity index is 1.94. The molecule has 0 aliphatic rings. The number of nitrogens with zero attached hydrogens (tertiary/aromatic N) is 1. The molecule has 0 atom stereocenters. The summed E-state index contributed by atoms with van der Waals surface area (Å²) in [4.78, 5) is 4.24. The zero-order valence-electron chi connectivity index (χ0n) is 9.06. The van der Waals surface area contributed by atoms with E-state index >= 15 is 0 Å². The monoisotopic (exact) mass is 213 g/mol. The summed E-state index contributed by atoms with van der Waals surface area (Å²) in [5.41, 5.74) is 8.68. The van der Waals surface area contributed by atoms with Crippen LogP contribution in [0.4, 0.5) is 5.69 Å². The van der Waals surface area contributed by atoms with E-state index in [4.69, 9.17) is 5.73 Å². The van der Waals surface area contributed by atoms with E-state index in [1.54, 1.807) is 0 Å². The predicted molar refractivity (Wildman–Crippen MR) is 65.9 cm³/mol. The summed E-state index contributed by atoms with van der Waals surface area (Å²) < 4.78 is 0. The molecule has 0 spiro atoms. The highest BCUT2D eigenvalue weighted by molar-refractivity contribution is 5.42. The SMILES string of the molecule is NCc1ccc(CNc2ccccc2)cn1. The summed E-state index contributed by atoms with van der Waals surface area (Å²) in [6, 6.07) is 14.1.